The van der Waals surface area contributed by atoms with Gasteiger partial charge in [0, 0.05) is 17.2 Å². The first-order chi connectivity index (χ1) is 8.91. The van der Waals surface area contributed by atoms with E-state index in [0.29, 0.717) is 11.1 Å². The van der Waals surface area contributed by atoms with E-state index >= 15 is 0 Å². The Morgan fingerprint density at radius 2 is 1.74 bits per heavy atom. The summed E-state index contributed by atoms with van der Waals surface area (Å²) in [6, 6.07) is 4.38. The molecule has 0 amide bonds. The van der Waals surface area contributed by atoms with Crippen molar-refractivity contribution < 1.29 is 4.92 Å². The lowest BCUT2D eigenvalue weighted by Crippen LogP contribution is -1.92. The minimum absolute atomic E-state index is 0.0888. The molecule has 1 aromatic heterocycles. The number of hydrogen-bond acceptors (Lipinski definition) is 3. The Bertz CT molecular complexity index is 676. The maximum Gasteiger partial charge on any atom is 0.288 e. The minimum Gasteiger partial charge on any atom is -0.258 e. The first kappa shape index (κ1) is 14.3. The van der Waals surface area contributed by atoms with E-state index in [9.17, 15) is 10.1 Å². The number of nitrogens with zero attached hydrogens (tertiary/aromatic N) is 2. The van der Waals surface area contributed by atoms with Crippen LogP contribution in [-0.4, -0.2) is 9.91 Å². The van der Waals surface area contributed by atoms with Gasteiger partial charge in [-0.1, -0.05) is 52.5 Å². The van der Waals surface area contributed by atoms with Crippen LogP contribution in [-0.2, 0) is 0 Å². The Morgan fingerprint density at radius 3 is 2.37 bits per heavy atom. The number of benzene rings is 1. The molecule has 0 spiro atoms. The summed E-state index contributed by atoms with van der Waals surface area (Å²) in [7, 11) is 0. The third kappa shape index (κ3) is 2.77. The highest BCUT2D eigenvalue weighted by Gasteiger charge is 2.17. The van der Waals surface area contributed by atoms with Crippen LogP contribution in [0.15, 0.2) is 24.4 Å². The third-order valence-electron chi connectivity index (χ3n) is 2.36. The van der Waals surface area contributed by atoms with Crippen LogP contribution in [0.4, 0.5) is 5.69 Å². The minimum atomic E-state index is -0.571. The van der Waals surface area contributed by atoms with Gasteiger partial charge in [-0.3, -0.25) is 10.1 Å². The molecular formula is C11H4Cl4N2O2. The van der Waals surface area contributed by atoms with Crippen molar-refractivity contribution in [1.82, 2.24) is 4.98 Å². The van der Waals surface area contributed by atoms with E-state index < -0.39 is 4.92 Å². The number of aromatic nitrogens is 1. The second-order valence-electron chi connectivity index (χ2n) is 3.51. The van der Waals surface area contributed by atoms with Crippen LogP contribution in [0.1, 0.15) is 0 Å². The highest BCUT2D eigenvalue weighted by atomic mass is 35.5. The lowest BCUT2D eigenvalue weighted by atomic mass is 10.1. The number of pyridine rings is 1. The molecule has 1 aromatic carbocycles. The molecule has 8 heteroatoms. The van der Waals surface area contributed by atoms with E-state index in [4.69, 9.17) is 46.4 Å². The highest BCUT2D eigenvalue weighted by Crippen LogP contribution is 2.40. The molecule has 0 saturated heterocycles. The molecule has 2 aromatic rings. The fourth-order valence-corrected chi connectivity index (χ4v) is 2.30. The lowest BCUT2D eigenvalue weighted by molar-refractivity contribution is -0.385. The Kier molecular flexibility index (Phi) is 4.16. The van der Waals surface area contributed by atoms with Gasteiger partial charge in [-0.2, -0.15) is 0 Å². The molecule has 1 heterocycles. The normalized spacial score (nSPS) is 10.5. The van der Waals surface area contributed by atoms with E-state index in [2.05, 4.69) is 4.98 Å². The van der Waals surface area contributed by atoms with Crippen LogP contribution >= 0.6 is 46.4 Å². The summed E-state index contributed by atoms with van der Waals surface area (Å²) in [5.41, 5.74) is 0.554. The van der Waals surface area contributed by atoms with Gasteiger partial charge in [0.15, 0.2) is 0 Å². The smallest absolute Gasteiger partial charge is 0.258 e. The highest BCUT2D eigenvalue weighted by molar-refractivity contribution is 6.49. The predicted molar refractivity (Wildman–Crippen MR) is 76.4 cm³/mol. The molecule has 0 fully saturated rings. The van der Waals surface area contributed by atoms with Gasteiger partial charge < -0.3 is 0 Å². The van der Waals surface area contributed by atoms with Crippen LogP contribution in [0.3, 0.4) is 0 Å². The zero-order valence-corrected chi connectivity index (χ0v) is 12.1. The first-order valence-electron chi connectivity index (χ1n) is 4.85. The zero-order chi connectivity index (χ0) is 14.2. The Morgan fingerprint density at radius 1 is 1.05 bits per heavy atom. The maximum absolute atomic E-state index is 10.7. The van der Waals surface area contributed by atoms with E-state index in [-0.39, 0.29) is 25.9 Å². The summed E-state index contributed by atoms with van der Waals surface area (Å²) in [5.74, 6) is 0. The summed E-state index contributed by atoms with van der Waals surface area (Å²) in [6.45, 7) is 0. The standard InChI is InChI=1S/C11H4Cl4N2O2/c12-8-2-1-6(9(13)10(8)14)7-3-5(17(18)19)4-16-11(7)15/h1-4H. The molecule has 0 aliphatic carbocycles. The van der Waals surface area contributed by atoms with Crippen LogP contribution in [0, 0.1) is 10.1 Å². The summed E-state index contributed by atoms with van der Waals surface area (Å²) in [4.78, 5) is 13.9. The van der Waals surface area contributed by atoms with E-state index in [1.165, 1.54) is 12.1 Å². The van der Waals surface area contributed by atoms with Crippen molar-refractivity contribution in [2.75, 3.05) is 0 Å². The summed E-state index contributed by atoms with van der Waals surface area (Å²) < 4.78 is 0. The van der Waals surface area contributed by atoms with Crippen molar-refractivity contribution in [3.05, 3.63) is 54.7 Å². The molecule has 0 atom stereocenters. The fourth-order valence-electron chi connectivity index (χ4n) is 1.46. The molecule has 0 saturated carbocycles. The predicted octanol–water partition coefficient (Wildman–Crippen LogP) is 5.27. The fraction of sp³-hybridized carbons (Fsp3) is 0. The summed E-state index contributed by atoms with van der Waals surface area (Å²) in [5, 5.41) is 11.4. The van der Waals surface area contributed by atoms with Crippen molar-refractivity contribution in [2.24, 2.45) is 0 Å². The Labute approximate surface area is 128 Å². The lowest BCUT2D eigenvalue weighted by Gasteiger charge is -2.08. The van der Waals surface area contributed by atoms with Crippen molar-refractivity contribution >= 4 is 52.1 Å². The average Bonchev–Trinajstić information content (AvgIpc) is 2.37. The molecule has 0 aliphatic rings. The Balaban J connectivity index is 2.68. The largest absolute Gasteiger partial charge is 0.288 e. The molecular weight excluding hydrogens is 334 g/mol. The van der Waals surface area contributed by atoms with Crippen molar-refractivity contribution in [1.29, 1.82) is 0 Å². The van der Waals surface area contributed by atoms with Gasteiger partial charge in [0.05, 0.1) is 20.0 Å². The van der Waals surface area contributed by atoms with E-state index in [1.807, 2.05) is 0 Å². The molecule has 2 rings (SSSR count). The number of hydrogen-bond donors (Lipinski definition) is 0. The van der Waals surface area contributed by atoms with Crippen LogP contribution < -0.4 is 0 Å². The van der Waals surface area contributed by atoms with Gasteiger partial charge >= 0.3 is 0 Å². The SMILES string of the molecule is O=[N+]([O-])c1cnc(Cl)c(-c2ccc(Cl)c(Cl)c2Cl)c1. The molecule has 0 radical (unpaired) electrons. The van der Waals surface area contributed by atoms with Gasteiger partial charge in [-0.25, -0.2) is 4.98 Å². The molecule has 0 N–H and O–H groups in total. The van der Waals surface area contributed by atoms with Crippen LogP contribution in [0.2, 0.25) is 20.2 Å². The Hall–Kier alpha value is -1.07. The molecule has 0 aliphatic heterocycles. The number of halogens is 4. The number of rotatable bonds is 2. The van der Waals surface area contributed by atoms with Gasteiger partial charge in [0.25, 0.3) is 5.69 Å². The first-order valence-corrected chi connectivity index (χ1v) is 6.37. The van der Waals surface area contributed by atoms with Crippen molar-refractivity contribution in [2.45, 2.75) is 0 Å². The zero-order valence-electron chi connectivity index (χ0n) is 9.03. The topological polar surface area (TPSA) is 56.0 Å². The third-order valence-corrected chi connectivity index (χ3v) is 3.96. The monoisotopic (exact) mass is 336 g/mol. The molecule has 4 nitrogen and oxygen atoms in total. The van der Waals surface area contributed by atoms with Crippen LogP contribution in [0.25, 0.3) is 11.1 Å². The maximum atomic E-state index is 10.7. The average molecular weight is 338 g/mol. The van der Waals surface area contributed by atoms with Gasteiger partial charge in [-0.15, -0.1) is 0 Å². The van der Waals surface area contributed by atoms with E-state index in [1.54, 1.807) is 6.07 Å². The van der Waals surface area contributed by atoms with Gasteiger partial charge in [0.1, 0.15) is 11.3 Å². The summed E-state index contributed by atoms with van der Waals surface area (Å²) in [6.07, 6.45) is 1.07. The van der Waals surface area contributed by atoms with E-state index in [0.717, 1.165) is 6.20 Å². The molecule has 98 valence electrons. The second kappa shape index (κ2) is 5.51. The van der Waals surface area contributed by atoms with Gasteiger partial charge in [0.2, 0.25) is 0 Å². The molecule has 0 unspecified atom stereocenters. The van der Waals surface area contributed by atoms with Gasteiger partial charge in [-0.05, 0) is 6.07 Å². The van der Waals surface area contributed by atoms with Crippen molar-refractivity contribution in [3.8, 4) is 11.1 Å². The summed E-state index contributed by atoms with van der Waals surface area (Å²) >= 11 is 23.7. The van der Waals surface area contributed by atoms with Crippen molar-refractivity contribution in [3.63, 3.8) is 0 Å². The molecule has 0 bridgehead atoms. The molecule has 19 heavy (non-hydrogen) atoms. The second-order valence-corrected chi connectivity index (χ2v) is 5.03. The quantitative estimate of drug-likeness (QED) is 0.324. The van der Waals surface area contributed by atoms with Crippen LogP contribution in [0.5, 0.6) is 0 Å². The number of nitro groups is 1.